The van der Waals surface area contributed by atoms with E-state index in [1.54, 1.807) is 12.1 Å². The van der Waals surface area contributed by atoms with Crippen molar-refractivity contribution in [2.45, 2.75) is 19.3 Å². The second-order valence-electron chi connectivity index (χ2n) is 3.49. The van der Waals surface area contributed by atoms with E-state index in [2.05, 4.69) is 0 Å². The van der Waals surface area contributed by atoms with Crippen molar-refractivity contribution in [3.05, 3.63) is 28.8 Å². The van der Waals surface area contributed by atoms with E-state index in [9.17, 15) is 9.90 Å². The zero-order chi connectivity index (χ0) is 10.1. The highest BCUT2D eigenvalue weighted by Crippen LogP contribution is 2.31. The van der Waals surface area contributed by atoms with Gasteiger partial charge in [-0.3, -0.25) is 4.79 Å². The summed E-state index contributed by atoms with van der Waals surface area (Å²) in [6.45, 7) is -0.0444. The van der Waals surface area contributed by atoms with Crippen molar-refractivity contribution >= 4 is 5.78 Å². The van der Waals surface area contributed by atoms with Crippen LogP contribution in [0.15, 0.2) is 12.1 Å². The second-order valence-corrected chi connectivity index (χ2v) is 3.49. The second kappa shape index (κ2) is 3.42. The highest BCUT2D eigenvalue weighted by Gasteiger charge is 2.24. The first-order chi connectivity index (χ1) is 6.74. The first-order valence-electron chi connectivity index (χ1n) is 4.72. The number of aliphatic hydroxyl groups excluding tert-OH is 1. The molecule has 0 amide bonds. The number of phenolic OH excluding ortho intramolecular Hbond substituents is 1. The molecule has 0 aromatic heterocycles. The van der Waals surface area contributed by atoms with Gasteiger partial charge in [0.2, 0.25) is 0 Å². The lowest BCUT2D eigenvalue weighted by Gasteiger charge is -2.08. The Hall–Kier alpha value is -1.35. The van der Waals surface area contributed by atoms with Gasteiger partial charge in [-0.2, -0.15) is 0 Å². The van der Waals surface area contributed by atoms with Gasteiger partial charge in [0.25, 0.3) is 0 Å². The van der Waals surface area contributed by atoms with E-state index < -0.39 is 0 Å². The van der Waals surface area contributed by atoms with E-state index in [1.165, 1.54) is 0 Å². The van der Waals surface area contributed by atoms with Crippen LogP contribution in [0.3, 0.4) is 0 Å². The van der Waals surface area contributed by atoms with Crippen molar-refractivity contribution in [3.63, 3.8) is 0 Å². The Morgan fingerprint density at radius 1 is 1.29 bits per heavy atom. The smallest absolute Gasteiger partial charge is 0.163 e. The molecule has 0 aliphatic heterocycles. The average molecular weight is 192 g/mol. The third-order valence-corrected chi connectivity index (χ3v) is 2.64. The fourth-order valence-electron chi connectivity index (χ4n) is 1.98. The molecule has 74 valence electrons. The lowest BCUT2D eigenvalue weighted by Crippen LogP contribution is -2.02. The highest BCUT2D eigenvalue weighted by molar-refractivity contribution is 6.02. The summed E-state index contributed by atoms with van der Waals surface area (Å²) in [5.74, 6) is 0.201. The number of phenols is 1. The minimum absolute atomic E-state index is 0.0444. The third-order valence-electron chi connectivity index (χ3n) is 2.64. The lowest BCUT2D eigenvalue weighted by molar-refractivity contribution is 0.0993. The number of aryl methyl sites for hydroxylation is 1. The van der Waals surface area contributed by atoms with Crippen LogP contribution >= 0.6 is 0 Å². The molecule has 2 N–H and O–H groups in total. The quantitative estimate of drug-likeness (QED) is 0.736. The highest BCUT2D eigenvalue weighted by atomic mass is 16.3. The molecule has 0 atom stereocenters. The summed E-state index contributed by atoms with van der Waals surface area (Å²) >= 11 is 0. The molecular weight excluding hydrogens is 180 g/mol. The summed E-state index contributed by atoms with van der Waals surface area (Å²) in [5.41, 5.74) is 2.24. The summed E-state index contributed by atoms with van der Waals surface area (Å²) in [7, 11) is 0. The molecule has 3 heteroatoms. The van der Waals surface area contributed by atoms with Gasteiger partial charge < -0.3 is 10.2 Å². The molecule has 0 spiro atoms. The van der Waals surface area contributed by atoms with E-state index in [0.717, 1.165) is 12.0 Å². The Labute approximate surface area is 82.0 Å². The van der Waals surface area contributed by atoms with Crippen molar-refractivity contribution in [1.29, 1.82) is 0 Å². The normalized spacial score (nSPS) is 14.5. The molecule has 0 saturated heterocycles. The Balaban J connectivity index is 2.56. The largest absolute Gasteiger partial charge is 0.508 e. The average Bonchev–Trinajstić information content (AvgIpc) is 2.53. The van der Waals surface area contributed by atoms with Crippen LogP contribution in [0.25, 0.3) is 0 Å². The Morgan fingerprint density at radius 3 is 2.79 bits per heavy atom. The van der Waals surface area contributed by atoms with Crippen molar-refractivity contribution in [1.82, 2.24) is 0 Å². The van der Waals surface area contributed by atoms with Crippen LogP contribution in [0.4, 0.5) is 0 Å². The maximum atomic E-state index is 11.5. The van der Waals surface area contributed by atoms with Crippen LogP contribution < -0.4 is 0 Å². The van der Waals surface area contributed by atoms with E-state index >= 15 is 0 Å². The number of aromatic hydroxyl groups is 1. The number of hydrogen-bond donors (Lipinski definition) is 2. The molecule has 14 heavy (non-hydrogen) atoms. The molecule has 0 saturated carbocycles. The monoisotopic (exact) mass is 192 g/mol. The first-order valence-corrected chi connectivity index (χ1v) is 4.72. The van der Waals surface area contributed by atoms with Crippen LogP contribution in [0.1, 0.15) is 27.9 Å². The molecule has 1 aromatic carbocycles. The van der Waals surface area contributed by atoms with Crippen molar-refractivity contribution < 1.29 is 15.0 Å². The van der Waals surface area contributed by atoms with Crippen molar-refractivity contribution in [3.8, 4) is 5.75 Å². The number of ketones is 1. The number of carbonyl (C=O) groups excluding carboxylic acids is 1. The number of hydrogen-bond acceptors (Lipinski definition) is 3. The number of carbonyl (C=O) groups is 1. The van der Waals surface area contributed by atoms with Crippen LogP contribution in [-0.4, -0.2) is 22.6 Å². The fraction of sp³-hybridized carbons (Fsp3) is 0.364. The fourth-order valence-corrected chi connectivity index (χ4v) is 1.98. The van der Waals surface area contributed by atoms with Gasteiger partial charge in [0, 0.05) is 24.2 Å². The molecule has 0 unspecified atom stereocenters. The Bertz CT molecular complexity index is 382. The molecule has 2 rings (SSSR count). The molecule has 3 nitrogen and oxygen atoms in total. The summed E-state index contributed by atoms with van der Waals surface area (Å²) in [4.78, 5) is 11.5. The zero-order valence-corrected chi connectivity index (χ0v) is 7.79. The molecule has 0 bridgehead atoms. The van der Waals surface area contributed by atoms with Gasteiger partial charge >= 0.3 is 0 Å². The Morgan fingerprint density at radius 2 is 2.07 bits per heavy atom. The SMILES string of the molecule is O=C1CCc2ccc(O)c(CCO)c21. The van der Waals surface area contributed by atoms with Gasteiger partial charge in [-0.1, -0.05) is 6.07 Å². The van der Waals surface area contributed by atoms with Gasteiger partial charge in [-0.05, 0) is 24.5 Å². The predicted molar refractivity (Wildman–Crippen MR) is 51.5 cm³/mol. The standard InChI is InChI=1S/C11H12O3/c12-6-5-8-9(13)3-1-7-2-4-10(14)11(7)8/h1,3,12-13H,2,4-6H2. The molecule has 1 aromatic rings. The summed E-state index contributed by atoms with van der Waals surface area (Å²) in [6, 6.07) is 3.39. The zero-order valence-electron chi connectivity index (χ0n) is 7.79. The molecule has 1 aliphatic rings. The summed E-state index contributed by atoms with van der Waals surface area (Å²) < 4.78 is 0. The van der Waals surface area contributed by atoms with Crippen LogP contribution in [0, 0.1) is 0 Å². The lowest BCUT2D eigenvalue weighted by atomic mass is 9.99. The number of benzene rings is 1. The number of Topliss-reactive ketones (excluding diaryl/α,β-unsaturated/α-hetero) is 1. The molecule has 0 heterocycles. The van der Waals surface area contributed by atoms with E-state index in [1.807, 2.05) is 0 Å². The molecular formula is C11H12O3. The molecule has 1 aliphatic carbocycles. The topological polar surface area (TPSA) is 57.5 Å². The van der Waals surface area contributed by atoms with Crippen molar-refractivity contribution in [2.24, 2.45) is 0 Å². The van der Waals surface area contributed by atoms with Gasteiger partial charge in [0.15, 0.2) is 5.78 Å². The maximum Gasteiger partial charge on any atom is 0.163 e. The molecule has 0 radical (unpaired) electrons. The van der Waals surface area contributed by atoms with Crippen molar-refractivity contribution in [2.75, 3.05) is 6.61 Å². The maximum absolute atomic E-state index is 11.5. The predicted octanol–water partition coefficient (Wildman–Crippen LogP) is 1.06. The minimum atomic E-state index is -0.0444. The van der Waals surface area contributed by atoms with Crippen LogP contribution in [-0.2, 0) is 12.8 Å². The minimum Gasteiger partial charge on any atom is -0.508 e. The van der Waals surface area contributed by atoms with Gasteiger partial charge in [-0.15, -0.1) is 0 Å². The van der Waals surface area contributed by atoms with Crippen LogP contribution in [0.2, 0.25) is 0 Å². The number of fused-ring (bicyclic) bond motifs is 1. The van der Waals surface area contributed by atoms with E-state index in [0.29, 0.717) is 24.0 Å². The third kappa shape index (κ3) is 1.30. The van der Waals surface area contributed by atoms with Crippen LogP contribution in [0.5, 0.6) is 5.75 Å². The summed E-state index contributed by atoms with van der Waals surface area (Å²) in [6.07, 6.45) is 1.63. The van der Waals surface area contributed by atoms with Gasteiger partial charge in [0.05, 0.1) is 0 Å². The first kappa shape index (κ1) is 9.21. The summed E-state index contributed by atoms with van der Waals surface area (Å²) in [5, 5.41) is 18.4. The van der Waals surface area contributed by atoms with E-state index in [4.69, 9.17) is 5.11 Å². The van der Waals surface area contributed by atoms with Gasteiger partial charge in [0.1, 0.15) is 5.75 Å². The molecule has 0 fully saturated rings. The number of rotatable bonds is 2. The van der Waals surface area contributed by atoms with E-state index in [-0.39, 0.29) is 18.1 Å². The van der Waals surface area contributed by atoms with Gasteiger partial charge in [-0.25, -0.2) is 0 Å². The number of aliphatic hydroxyl groups is 1. The Kier molecular flexibility index (Phi) is 2.25.